The first-order valence-electron chi connectivity index (χ1n) is 7.60. The summed E-state index contributed by atoms with van der Waals surface area (Å²) in [6.07, 6.45) is 0.831. The first-order chi connectivity index (χ1) is 10.8. The van der Waals surface area contributed by atoms with E-state index in [0.29, 0.717) is 26.4 Å². The quantitative estimate of drug-likeness (QED) is 0.723. The molecule has 0 saturated heterocycles. The van der Waals surface area contributed by atoms with Gasteiger partial charge in [0.25, 0.3) is 0 Å². The average molecular weight is 301 g/mol. The van der Waals surface area contributed by atoms with Crippen molar-refractivity contribution in [2.24, 2.45) is 5.73 Å². The largest absolute Gasteiger partial charge is 0.490 e. The molecule has 0 amide bonds. The molecule has 2 N–H and O–H groups in total. The Morgan fingerprint density at radius 2 is 1.64 bits per heavy atom. The van der Waals surface area contributed by atoms with Gasteiger partial charge in [0.2, 0.25) is 0 Å². The predicted molar refractivity (Wildman–Crippen MR) is 87.8 cm³/mol. The molecule has 4 nitrogen and oxygen atoms in total. The van der Waals surface area contributed by atoms with Crippen LogP contribution in [0.5, 0.6) is 17.2 Å². The summed E-state index contributed by atoms with van der Waals surface area (Å²) in [7, 11) is 0. The van der Waals surface area contributed by atoms with Crippen LogP contribution in [0.4, 0.5) is 0 Å². The molecule has 0 spiro atoms. The number of ether oxygens (including phenoxy) is 3. The Morgan fingerprint density at radius 3 is 2.36 bits per heavy atom. The average Bonchev–Trinajstić information content (AvgIpc) is 2.55. The van der Waals surface area contributed by atoms with E-state index in [4.69, 9.17) is 19.9 Å². The van der Waals surface area contributed by atoms with Crippen molar-refractivity contribution in [1.29, 1.82) is 0 Å². The maximum atomic E-state index is 5.76. The molecule has 4 heteroatoms. The molecule has 0 aliphatic rings. The number of benzene rings is 2. The lowest BCUT2D eigenvalue weighted by Crippen LogP contribution is -2.10. The van der Waals surface area contributed by atoms with Crippen LogP contribution in [0.1, 0.15) is 12.5 Å². The molecule has 0 saturated carbocycles. The van der Waals surface area contributed by atoms with Crippen molar-refractivity contribution in [2.45, 2.75) is 13.3 Å². The van der Waals surface area contributed by atoms with Gasteiger partial charge in [0.15, 0.2) is 11.5 Å². The summed E-state index contributed by atoms with van der Waals surface area (Å²) in [5.41, 5.74) is 6.74. The normalized spacial score (nSPS) is 10.3. The SMILES string of the molecule is CCOc1cc(CCN)ccc1OCCOc1ccccc1. The van der Waals surface area contributed by atoms with Gasteiger partial charge in [0.05, 0.1) is 6.61 Å². The van der Waals surface area contributed by atoms with Crippen LogP contribution in [0.15, 0.2) is 48.5 Å². The minimum atomic E-state index is 0.463. The fourth-order valence-corrected chi connectivity index (χ4v) is 2.09. The topological polar surface area (TPSA) is 53.7 Å². The van der Waals surface area contributed by atoms with Crippen LogP contribution < -0.4 is 19.9 Å². The van der Waals surface area contributed by atoms with E-state index in [1.165, 1.54) is 0 Å². The van der Waals surface area contributed by atoms with Gasteiger partial charge in [-0.15, -0.1) is 0 Å². The Bertz CT molecular complexity index is 558. The van der Waals surface area contributed by atoms with E-state index in [9.17, 15) is 0 Å². The molecule has 0 fully saturated rings. The molecule has 0 atom stereocenters. The fourth-order valence-electron chi connectivity index (χ4n) is 2.09. The van der Waals surface area contributed by atoms with Crippen LogP contribution in [-0.2, 0) is 6.42 Å². The Labute approximate surface area is 131 Å². The summed E-state index contributed by atoms with van der Waals surface area (Å²) >= 11 is 0. The van der Waals surface area contributed by atoms with Crippen molar-refractivity contribution >= 4 is 0 Å². The van der Waals surface area contributed by atoms with E-state index in [1.54, 1.807) is 0 Å². The van der Waals surface area contributed by atoms with Crippen LogP contribution in [-0.4, -0.2) is 26.4 Å². The number of hydrogen-bond acceptors (Lipinski definition) is 4. The van der Waals surface area contributed by atoms with Crippen molar-refractivity contribution in [3.05, 3.63) is 54.1 Å². The molecule has 0 bridgehead atoms. The van der Waals surface area contributed by atoms with Gasteiger partial charge >= 0.3 is 0 Å². The zero-order chi connectivity index (χ0) is 15.6. The summed E-state index contributed by atoms with van der Waals surface area (Å²) < 4.78 is 17.0. The van der Waals surface area contributed by atoms with Crippen molar-refractivity contribution in [2.75, 3.05) is 26.4 Å². The second-order valence-corrected chi connectivity index (χ2v) is 4.76. The van der Waals surface area contributed by atoms with Gasteiger partial charge < -0.3 is 19.9 Å². The van der Waals surface area contributed by atoms with Gasteiger partial charge in [0.1, 0.15) is 19.0 Å². The Kier molecular flexibility index (Phi) is 6.58. The lowest BCUT2D eigenvalue weighted by atomic mass is 10.1. The van der Waals surface area contributed by atoms with Gasteiger partial charge in [-0.3, -0.25) is 0 Å². The smallest absolute Gasteiger partial charge is 0.161 e. The Morgan fingerprint density at radius 1 is 0.864 bits per heavy atom. The van der Waals surface area contributed by atoms with E-state index in [0.717, 1.165) is 29.2 Å². The van der Waals surface area contributed by atoms with E-state index in [-0.39, 0.29) is 0 Å². The van der Waals surface area contributed by atoms with Crippen molar-refractivity contribution < 1.29 is 14.2 Å². The van der Waals surface area contributed by atoms with Gasteiger partial charge in [0, 0.05) is 0 Å². The third-order valence-electron chi connectivity index (χ3n) is 3.09. The molecule has 0 heterocycles. The highest BCUT2D eigenvalue weighted by atomic mass is 16.5. The zero-order valence-corrected chi connectivity index (χ0v) is 13.0. The van der Waals surface area contributed by atoms with Gasteiger partial charge in [-0.2, -0.15) is 0 Å². The highest BCUT2D eigenvalue weighted by Gasteiger charge is 2.06. The summed E-state index contributed by atoms with van der Waals surface area (Å²) in [6, 6.07) is 15.6. The van der Waals surface area contributed by atoms with Crippen LogP contribution in [0, 0.1) is 0 Å². The molecule has 0 aromatic heterocycles. The predicted octanol–water partition coefficient (Wildman–Crippen LogP) is 3.04. The minimum absolute atomic E-state index is 0.463. The molecule has 22 heavy (non-hydrogen) atoms. The summed E-state index contributed by atoms with van der Waals surface area (Å²) in [4.78, 5) is 0. The molecule has 0 unspecified atom stereocenters. The number of nitrogens with two attached hydrogens (primary N) is 1. The molecular formula is C18H23NO3. The van der Waals surface area contributed by atoms with E-state index in [2.05, 4.69) is 0 Å². The van der Waals surface area contributed by atoms with E-state index in [1.807, 2.05) is 55.5 Å². The van der Waals surface area contributed by atoms with Crippen LogP contribution in [0.25, 0.3) is 0 Å². The van der Waals surface area contributed by atoms with E-state index >= 15 is 0 Å². The molecule has 2 aromatic carbocycles. The lowest BCUT2D eigenvalue weighted by Gasteiger charge is -2.13. The highest BCUT2D eigenvalue weighted by Crippen LogP contribution is 2.28. The monoisotopic (exact) mass is 301 g/mol. The summed E-state index contributed by atoms with van der Waals surface area (Å²) in [5, 5.41) is 0. The number of hydrogen-bond donors (Lipinski definition) is 1. The third kappa shape index (κ3) is 4.97. The molecule has 0 aliphatic heterocycles. The first-order valence-corrected chi connectivity index (χ1v) is 7.60. The molecule has 2 rings (SSSR count). The van der Waals surface area contributed by atoms with Crippen LogP contribution in [0.3, 0.4) is 0 Å². The Balaban J connectivity index is 1.88. The van der Waals surface area contributed by atoms with Gasteiger partial charge in [-0.1, -0.05) is 24.3 Å². The third-order valence-corrected chi connectivity index (χ3v) is 3.09. The summed E-state index contributed by atoms with van der Waals surface area (Å²) in [6.45, 7) is 4.13. The van der Waals surface area contributed by atoms with Crippen LogP contribution in [0.2, 0.25) is 0 Å². The molecular weight excluding hydrogens is 278 g/mol. The van der Waals surface area contributed by atoms with Crippen molar-refractivity contribution in [1.82, 2.24) is 0 Å². The maximum absolute atomic E-state index is 5.76. The van der Waals surface area contributed by atoms with Gasteiger partial charge in [-0.05, 0) is 49.7 Å². The molecule has 2 aromatic rings. The highest BCUT2D eigenvalue weighted by molar-refractivity contribution is 5.43. The summed E-state index contributed by atoms with van der Waals surface area (Å²) in [5.74, 6) is 2.34. The standard InChI is InChI=1S/C18H23NO3/c1-2-20-18-14-15(10-11-19)8-9-17(18)22-13-12-21-16-6-4-3-5-7-16/h3-9,14H,2,10-13,19H2,1H3. The molecule has 0 radical (unpaired) electrons. The van der Waals surface area contributed by atoms with E-state index < -0.39 is 0 Å². The first kappa shape index (κ1) is 16.2. The fraction of sp³-hybridized carbons (Fsp3) is 0.333. The lowest BCUT2D eigenvalue weighted by molar-refractivity contribution is 0.208. The van der Waals surface area contributed by atoms with Crippen LogP contribution >= 0.6 is 0 Å². The maximum Gasteiger partial charge on any atom is 0.161 e. The number of rotatable bonds is 9. The van der Waals surface area contributed by atoms with Gasteiger partial charge in [-0.25, -0.2) is 0 Å². The van der Waals surface area contributed by atoms with Crippen molar-refractivity contribution in [3.63, 3.8) is 0 Å². The van der Waals surface area contributed by atoms with Crippen molar-refractivity contribution in [3.8, 4) is 17.2 Å². The second-order valence-electron chi connectivity index (χ2n) is 4.76. The minimum Gasteiger partial charge on any atom is -0.490 e. The Hall–Kier alpha value is -2.20. The zero-order valence-electron chi connectivity index (χ0n) is 13.0. The molecule has 0 aliphatic carbocycles. The molecule has 118 valence electrons. The second kappa shape index (κ2) is 8.95. The number of para-hydroxylation sites is 1.